The summed E-state index contributed by atoms with van der Waals surface area (Å²) in [7, 11) is 0. The maximum atomic E-state index is 14.4. The lowest BCUT2D eigenvalue weighted by Gasteiger charge is -2.37. The van der Waals surface area contributed by atoms with Crippen LogP contribution in [-0.4, -0.2) is 41.0 Å². The lowest BCUT2D eigenvalue weighted by Crippen LogP contribution is -2.41. The number of H-pyrrole nitrogens is 1. The molecule has 0 aliphatic heterocycles. The summed E-state index contributed by atoms with van der Waals surface area (Å²) in [4.78, 5) is 3.08. The van der Waals surface area contributed by atoms with E-state index in [0.29, 0.717) is 23.5 Å². The molecule has 4 N–H and O–H groups in total. The monoisotopic (exact) mass is 404 g/mol. The molecular formula is C22H23F3N2O2. The summed E-state index contributed by atoms with van der Waals surface area (Å²) >= 11 is 0. The van der Waals surface area contributed by atoms with Crippen molar-refractivity contribution in [3.8, 4) is 11.3 Å². The lowest BCUT2D eigenvalue weighted by molar-refractivity contribution is 0.156. The Morgan fingerprint density at radius 1 is 1.00 bits per heavy atom. The zero-order valence-electron chi connectivity index (χ0n) is 15.8. The van der Waals surface area contributed by atoms with Gasteiger partial charge in [-0.3, -0.25) is 0 Å². The van der Waals surface area contributed by atoms with E-state index in [1.807, 2.05) is 0 Å². The molecule has 1 fully saturated rings. The average molecular weight is 404 g/mol. The second kappa shape index (κ2) is 8.18. The van der Waals surface area contributed by atoms with E-state index in [1.165, 1.54) is 18.2 Å². The number of aromatic amines is 1. The minimum absolute atomic E-state index is 0.110. The van der Waals surface area contributed by atoms with Crippen LogP contribution in [0.25, 0.3) is 22.2 Å². The van der Waals surface area contributed by atoms with Gasteiger partial charge >= 0.3 is 0 Å². The predicted molar refractivity (Wildman–Crippen MR) is 105 cm³/mol. The normalized spacial score (nSPS) is 19.1. The van der Waals surface area contributed by atoms with Gasteiger partial charge < -0.3 is 20.5 Å². The Morgan fingerprint density at radius 3 is 2.34 bits per heavy atom. The van der Waals surface area contributed by atoms with Gasteiger partial charge in [0.15, 0.2) is 0 Å². The van der Waals surface area contributed by atoms with E-state index in [9.17, 15) is 13.2 Å². The fourth-order valence-corrected chi connectivity index (χ4v) is 4.17. The van der Waals surface area contributed by atoms with E-state index >= 15 is 0 Å². The molecule has 0 saturated heterocycles. The molecule has 1 heterocycles. The van der Waals surface area contributed by atoms with Crippen LogP contribution in [0.1, 0.15) is 24.3 Å². The van der Waals surface area contributed by atoms with Crippen molar-refractivity contribution in [2.45, 2.75) is 24.8 Å². The molecule has 0 amide bonds. The number of aromatic nitrogens is 1. The van der Waals surface area contributed by atoms with Gasteiger partial charge in [0.1, 0.15) is 17.5 Å². The Labute approximate surface area is 166 Å². The summed E-state index contributed by atoms with van der Waals surface area (Å²) in [6.45, 7) is 0.379. The Kier molecular flexibility index (Phi) is 5.63. The van der Waals surface area contributed by atoms with Crippen molar-refractivity contribution in [2.24, 2.45) is 5.92 Å². The number of benzene rings is 2. The second-order valence-corrected chi connectivity index (χ2v) is 7.74. The molecule has 1 aromatic heterocycles. The molecule has 0 spiro atoms. The first-order valence-electron chi connectivity index (χ1n) is 9.71. The van der Waals surface area contributed by atoms with Crippen LogP contribution in [0.2, 0.25) is 0 Å². The highest BCUT2D eigenvalue weighted by atomic mass is 19.1. The number of aliphatic hydroxyl groups excluding tert-OH is 2. The second-order valence-electron chi connectivity index (χ2n) is 7.74. The predicted octanol–water partition coefficient (Wildman–Crippen LogP) is 3.69. The lowest BCUT2D eigenvalue weighted by atomic mass is 9.70. The zero-order chi connectivity index (χ0) is 20.5. The molecule has 0 unspecified atom stereocenters. The summed E-state index contributed by atoms with van der Waals surface area (Å²) in [5.41, 5.74) is 2.51. The SMILES string of the molecule is OCC(CO)NCC1CC(c2c(-c3ccc(F)cc3)[nH]c3c(F)cc(F)cc23)C1. The molecule has 3 aromatic rings. The van der Waals surface area contributed by atoms with Crippen LogP contribution in [0.4, 0.5) is 13.2 Å². The van der Waals surface area contributed by atoms with E-state index in [1.54, 1.807) is 12.1 Å². The number of fused-ring (bicyclic) bond motifs is 1. The van der Waals surface area contributed by atoms with E-state index in [-0.39, 0.29) is 36.5 Å². The molecule has 4 nitrogen and oxygen atoms in total. The van der Waals surface area contributed by atoms with Crippen molar-refractivity contribution in [3.63, 3.8) is 0 Å². The molecular weight excluding hydrogens is 381 g/mol. The van der Waals surface area contributed by atoms with Crippen LogP contribution in [0.15, 0.2) is 36.4 Å². The van der Waals surface area contributed by atoms with Gasteiger partial charge in [-0.2, -0.15) is 0 Å². The molecule has 0 bridgehead atoms. The Bertz CT molecular complexity index is 993. The number of hydrogen-bond acceptors (Lipinski definition) is 3. The summed E-state index contributed by atoms with van der Waals surface area (Å²) in [5, 5.41) is 22.0. The third-order valence-electron chi connectivity index (χ3n) is 5.78. The molecule has 7 heteroatoms. The fraction of sp³-hybridized carbons (Fsp3) is 0.364. The maximum Gasteiger partial charge on any atom is 0.150 e. The highest BCUT2D eigenvalue weighted by molar-refractivity contribution is 5.92. The third kappa shape index (κ3) is 3.90. The molecule has 0 radical (unpaired) electrons. The minimum Gasteiger partial charge on any atom is -0.395 e. The van der Waals surface area contributed by atoms with Crippen molar-refractivity contribution < 1.29 is 23.4 Å². The van der Waals surface area contributed by atoms with Gasteiger partial charge in [0.2, 0.25) is 0 Å². The number of hydrogen-bond donors (Lipinski definition) is 4. The minimum atomic E-state index is -0.652. The molecule has 1 aliphatic rings. The summed E-state index contributed by atoms with van der Waals surface area (Å²) in [5.74, 6) is -1.20. The average Bonchev–Trinajstić information content (AvgIpc) is 3.04. The van der Waals surface area contributed by atoms with Crippen molar-refractivity contribution in [1.82, 2.24) is 10.3 Å². The van der Waals surface area contributed by atoms with Crippen LogP contribution in [-0.2, 0) is 0 Å². The molecule has 1 saturated carbocycles. The van der Waals surface area contributed by atoms with Gasteiger partial charge in [0, 0.05) is 11.5 Å². The summed E-state index contributed by atoms with van der Waals surface area (Å²) < 4.78 is 41.7. The quantitative estimate of drug-likeness (QED) is 0.486. The van der Waals surface area contributed by atoms with E-state index in [2.05, 4.69) is 10.3 Å². The highest BCUT2D eigenvalue weighted by Crippen LogP contribution is 2.48. The van der Waals surface area contributed by atoms with Crippen LogP contribution in [0.5, 0.6) is 0 Å². The third-order valence-corrected chi connectivity index (χ3v) is 5.78. The zero-order valence-corrected chi connectivity index (χ0v) is 15.8. The number of rotatable bonds is 7. The van der Waals surface area contributed by atoms with Crippen LogP contribution >= 0.6 is 0 Å². The number of halogens is 3. The van der Waals surface area contributed by atoms with Crippen LogP contribution in [0.3, 0.4) is 0 Å². The van der Waals surface area contributed by atoms with E-state index in [4.69, 9.17) is 10.2 Å². The molecule has 0 atom stereocenters. The first-order chi connectivity index (χ1) is 14.0. The van der Waals surface area contributed by atoms with Crippen molar-refractivity contribution in [3.05, 3.63) is 59.4 Å². The standard InChI is InChI=1S/C22H23F3N2O2/c23-15-3-1-13(2-4-15)21-20(18-7-16(24)8-19(25)22(18)27-21)14-5-12(6-14)9-26-17(10-28)11-29/h1-4,7-8,12,14,17,26-29H,5-6,9-11H2. The highest BCUT2D eigenvalue weighted by Gasteiger charge is 2.34. The van der Waals surface area contributed by atoms with E-state index < -0.39 is 11.6 Å². The Hall–Kier alpha value is -2.35. The van der Waals surface area contributed by atoms with Crippen LogP contribution < -0.4 is 5.32 Å². The smallest absolute Gasteiger partial charge is 0.150 e. The molecule has 2 aromatic carbocycles. The van der Waals surface area contributed by atoms with Gasteiger partial charge in [0.25, 0.3) is 0 Å². The van der Waals surface area contributed by atoms with Crippen molar-refractivity contribution in [1.29, 1.82) is 0 Å². The topological polar surface area (TPSA) is 68.3 Å². The van der Waals surface area contributed by atoms with Gasteiger partial charge in [-0.15, -0.1) is 0 Å². The fourth-order valence-electron chi connectivity index (χ4n) is 4.17. The van der Waals surface area contributed by atoms with Gasteiger partial charge in [-0.25, -0.2) is 13.2 Å². The molecule has 4 rings (SSSR count). The first kappa shape index (κ1) is 19.9. The number of aliphatic hydroxyl groups is 2. The number of nitrogens with one attached hydrogen (secondary N) is 2. The molecule has 29 heavy (non-hydrogen) atoms. The maximum absolute atomic E-state index is 14.4. The van der Waals surface area contributed by atoms with Gasteiger partial charge in [-0.05, 0) is 72.7 Å². The largest absolute Gasteiger partial charge is 0.395 e. The van der Waals surface area contributed by atoms with Gasteiger partial charge in [0.05, 0.1) is 30.5 Å². The van der Waals surface area contributed by atoms with Crippen molar-refractivity contribution >= 4 is 10.9 Å². The summed E-state index contributed by atoms with van der Waals surface area (Å²) in [6, 6.07) is 7.80. The molecule has 1 aliphatic carbocycles. The molecule has 154 valence electrons. The van der Waals surface area contributed by atoms with Gasteiger partial charge in [-0.1, -0.05) is 0 Å². The van der Waals surface area contributed by atoms with Crippen molar-refractivity contribution in [2.75, 3.05) is 19.8 Å². The Balaban J connectivity index is 1.64. The first-order valence-corrected chi connectivity index (χ1v) is 9.71. The Morgan fingerprint density at radius 2 is 1.69 bits per heavy atom. The van der Waals surface area contributed by atoms with Crippen LogP contribution in [0, 0.1) is 23.4 Å². The van der Waals surface area contributed by atoms with E-state index in [0.717, 1.165) is 30.0 Å². The summed E-state index contributed by atoms with van der Waals surface area (Å²) in [6.07, 6.45) is 1.63.